The van der Waals surface area contributed by atoms with Gasteiger partial charge in [-0.1, -0.05) is 12.1 Å². The van der Waals surface area contributed by atoms with Gasteiger partial charge in [0.15, 0.2) is 11.5 Å². The number of ether oxygens (including phenoxy) is 2. The van der Waals surface area contributed by atoms with Crippen LogP contribution in [0.2, 0.25) is 0 Å². The first-order valence-electron chi connectivity index (χ1n) is 8.53. The minimum absolute atomic E-state index is 0.0133. The molecule has 4 rings (SSSR count). The quantitative estimate of drug-likeness (QED) is 0.881. The summed E-state index contributed by atoms with van der Waals surface area (Å²) in [6.07, 6.45) is 1.92. The van der Waals surface area contributed by atoms with Crippen molar-refractivity contribution in [1.82, 2.24) is 15.2 Å². The number of carbonyl (C=O) groups is 2. The van der Waals surface area contributed by atoms with Crippen molar-refractivity contribution in [2.75, 3.05) is 13.3 Å². The zero-order chi connectivity index (χ0) is 17.9. The third kappa shape index (κ3) is 3.46. The van der Waals surface area contributed by atoms with Gasteiger partial charge < -0.3 is 19.7 Å². The molecular formula is C19H19N3O4. The van der Waals surface area contributed by atoms with E-state index >= 15 is 0 Å². The minimum atomic E-state index is -0.333. The van der Waals surface area contributed by atoms with E-state index in [0.717, 1.165) is 11.3 Å². The summed E-state index contributed by atoms with van der Waals surface area (Å²) >= 11 is 0. The van der Waals surface area contributed by atoms with E-state index in [1.54, 1.807) is 11.1 Å². The Kier molecular flexibility index (Phi) is 4.43. The van der Waals surface area contributed by atoms with Crippen LogP contribution in [0.15, 0.2) is 42.6 Å². The highest BCUT2D eigenvalue weighted by Crippen LogP contribution is 2.33. The van der Waals surface area contributed by atoms with Crippen LogP contribution in [0.5, 0.6) is 11.5 Å². The van der Waals surface area contributed by atoms with Gasteiger partial charge in [-0.3, -0.25) is 14.6 Å². The van der Waals surface area contributed by atoms with Gasteiger partial charge in [0.2, 0.25) is 18.6 Å². The molecule has 0 bridgehead atoms. The van der Waals surface area contributed by atoms with Crippen LogP contribution < -0.4 is 14.8 Å². The van der Waals surface area contributed by atoms with E-state index in [2.05, 4.69) is 10.3 Å². The highest BCUT2D eigenvalue weighted by molar-refractivity contribution is 5.89. The third-order valence-corrected chi connectivity index (χ3v) is 4.57. The average Bonchev–Trinajstić information content (AvgIpc) is 3.27. The van der Waals surface area contributed by atoms with Gasteiger partial charge in [0, 0.05) is 25.7 Å². The lowest BCUT2D eigenvalue weighted by Crippen LogP contribution is -2.32. The van der Waals surface area contributed by atoms with Crippen LogP contribution in [0.3, 0.4) is 0 Å². The summed E-state index contributed by atoms with van der Waals surface area (Å²) in [5.41, 5.74) is 1.75. The molecule has 1 unspecified atom stereocenters. The molecule has 3 heterocycles. The topological polar surface area (TPSA) is 80.8 Å². The van der Waals surface area contributed by atoms with Crippen molar-refractivity contribution in [1.29, 1.82) is 0 Å². The molecule has 1 aromatic carbocycles. The van der Waals surface area contributed by atoms with Crippen LogP contribution in [0, 0.1) is 5.92 Å². The SMILES string of the molecule is O=C(NCc1ccccn1)C1CC(=O)N(Cc2ccc3c(c2)OCO3)C1. The zero-order valence-corrected chi connectivity index (χ0v) is 14.2. The van der Waals surface area contributed by atoms with E-state index < -0.39 is 0 Å². The Labute approximate surface area is 150 Å². The second-order valence-corrected chi connectivity index (χ2v) is 6.40. The summed E-state index contributed by atoms with van der Waals surface area (Å²) in [7, 11) is 0. The molecule has 2 amide bonds. The first kappa shape index (κ1) is 16.4. The number of hydrogen-bond acceptors (Lipinski definition) is 5. The monoisotopic (exact) mass is 353 g/mol. The Morgan fingerprint density at radius 3 is 2.96 bits per heavy atom. The lowest BCUT2D eigenvalue weighted by molar-refractivity contribution is -0.129. The number of rotatable bonds is 5. The van der Waals surface area contributed by atoms with Crippen molar-refractivity contribution in [3.8, 4) is 11.5 Å². The van der Waals surface area contributed by atoms with E-state index in [-0.39, 0.29) is 30.9 Å². The minimum Gasteiger partial charge on any atom is -0.454 e. The highest BCUT2D eigenvalue weighted by Gasteiger charge is 2.34. The smallest absolute Gasteiger partial charge is 0.231 e. The maximum Gasteiger partial charge on any atom is 0.231 e. The Morgan fingerprint density at radius 2 is 2.12 bits per heavy atom. The maximum absolute atomic E-state index is 12.4. The van der Waals surface area contributed by atoms with Crippen LogP contribution >= 0.6 is 0 Å². The molecule has 134 valence electrons. The first-order valence-corrected chi connectivity index (χ1v) is 8.53. The van der Waals surface area contributed by atoms with E-state index in [0.29, 0.717) is 31.1 Å². The molecule has 2 aromatic rings. The largest absolute Gasteiger partial charge is 0.454 e. The number of amides is 2. The molecule has 1 atom stereocenters. The number of hydrogen-bond donors (Lipinski definition) is 1. The van der Waals surface area contributed by atoms with Gasteiger partial charge in [0.1, 0.15) is 0 Å². The van der Waals surface area contributed by atoms with Crippen LogP contribution in [-0.2, 0) is 22.7 Å². The number of likely N-dealkylation sites (tertiary alicyclic amines) is 1. The van der Waals surface area contributed by atoms with E-state index in [1.807, 2.05) is 36.4 Å². The maximum atomic E-state index is 12.4. The summed E-state index contributed by atoms with van der Waals surface area (Å²) in [4.78, 5) is 30.5. The molecule has 0 radical (unpaired) electrons. The van der Waals surface area contributed by atoms with Gasteiger partial charge in [-0.25, -0.2) is 0 Å². The molecule has 0 aliphatic carbocycles. The van der Waals surface area contributed by atoms with Crippen molar-refractivity contribution in [2.24, 2.45) is 5.92 Å². The van der Waals surface area contributed by atoms with Gasteiger partial charge in [-0.15, -0.1) is 0 Å². The summed E-state index contributed by atoms with van der Waals surface area (Å²) in [6, 6.07) is 11.2. The molecular weight excluding hydrogens is 334 g/mol. The third-order valence-electron chi connectivity index (χ3n) is 4.57. The predicted octanol–water partition coefficient (Wildman–Crippen LogP) is 1.48. The van der Waals surface area contributed by atoms with E-state index in [1.165, 1.54) is 0 Å². The molecule has 1 N–H and O–H groups in total. The van der Waals surface area contributed by atoms with Gasteiger partial charge in [-0.2, -0.15) is 0 Å². The van der Waals surface area contributed by atoms with Gasteiger partial charge in [-0.05, 0) is 29.8 Å². The molecule has 1 aromatic heterocycles. The summed E-state index contributed by atoms with van der Waals surface area (Å²) in [5.74, 6) is 0.949. The number of aromatic nitrogens is 1. The van der Waals surface area contributed by atoms with E-state index in [9.17, 15) is 9.59 Å². The number of carbonyl (C=O) groups excluding carboxylic acids is 2. The van der Waals surface area contributed by atoms with E-state index in [4.69, 9.17) is 9.47 Å². The molecule has 7 nitrogen and oxygen atoms in total. The number of benzene rings is 1. The zero-order valence-electron chi connectivity index (χ0n) is 14.2. The van der Waals surface area contributed by atoms with Crippen LogP contribution in [0.25, 0.3) is 0 Å². The van der Waals surface area contributed by atoms with Crippen molar-refractivity contribution in [2.45, 2.75) is 19.5 Å². The fraction of sp³-hybridized carbons (Fsp3) is 0.316. The molecule has 0 saturated carbocycles. The fourth-order valence-electron chi connectivity index (χ4n) is 3.19. The Bertz CT molecular complexity index is 825. The lowest BCUT2D eigenvalue weighted by atomic mass is 10.1. The molecule has 1 fully saturated rings. The van der Waals surface area contributed by atoms with Gasteiger partial charge in [0.25, 0.3) is 0 Å². The number of nitrogens with zero attached hydrogens (tertiary/aromatic N) is 2. The second kappa shape index (κ2) is 7.03. The van der Waals surface area contributed by atoms with Crippen molar-refractivity contribution in [3.63, 3.8) is 0 Å². The second-order valence-electron chi connectivity index (χ2n) is 6.40. The Balaban J connectivity index is 1.34. The van der Waals surface area contributed by atoms with Crippen LogP contribution in [-0.4, -0.2) is 35.0 Å². The Hall–Kier alpha value is -3.09. The Morgan fingerprint density at radius 1 is 1.23 bits per heavy atom. The van der Waals surface area contributed by atoms with Crippen molar-refractivity contribution in [3.05, 3.63) is 53.9 Å². The number of pyridine rings is 1. The molecule has 1 saturated heterocycles. The highest BCUT2D eigenvalue weighted by atomic mass is 16.7. The van der Waals surface area contributed by atoms with Crippen molar-refractivity contribution >= 4 is 11.8 Å². The molecule has 2 aliphatic heterocycles. The number of fused-ring (bicyclic) bond motifs is 1. The van der Waals surface area contributed by atoms with Crippen LogP contribution in [0.4, 0.5) is 0 Å². The van der Waals surface area contributed by atoms with Gasteiger partial charge >= 0.3 is 0 Å². The van der Waals surface area contributed by atoms with Crippen LogP contribution in [0.1, 0.15) is 17.7 Å². The van der Waals surface area contributed by atoms with Gasteiger partial charge in [0.05, 0.1) is 18.2 Å². The summed E-state index contributed by atoms with van der Waals surface area (Å²) in [5, 5.41) is 2.86. The molecule has 26 heavy (non-hydrogen) atoms. The summed E-state index contributed by atoms with van der Waals surface area (Å²) < 4.78 is 10.7. The predicted molar refractivity (Wildman–Crippen MR) is 92.2 cm³/mol. The number of nitrogens with one attached hydrogen (secondary N) is 1. The fourth-order valence-corrected chi connectivity index (χ4v) is 3.19. The normalized spacial score (nSPS) is 18.2. The molecule has 2 aliphatic rings. The standard InChI is InChI=1S/C19H19N3O4/c23-18-8-14(19(24)21-9-15-3-1-2-6-20-15)11-22(18)10-13-4-5-16-17(7-13)26-12-25-16/h1-7,14H,8-12H2,(H,21,24). The lowest BCUT2D eigenvalue weighted by Gasteiger charge is -2.17. The first-order chi connectivity index (χ1) is 12.7. The average molecular weight is 353 g/mol. The van der Waals surface area contributed by atoms with Crippen molar-refractivity contribution < 1.29 is 19.1 Å². The summed E-state index contributed by atoms with van der Waals surface area (Å²) in [6.45, 7) is 1.47. The molecule has 7 heteroatoms. The molecule has 0 spiro atoms.